The lowest BCUT2D eigenvalue weighted by Crippen LogP contribution is -2.70. The molecule has 5 aliphatic rings. The normalized spacial score (nSPS) is 24.1. The van der Waals surface area contributed by atoms with Gasteiger partial charge in [0.15, 0.2) is 11.5 Å². The van der Waals surface area contributed by atoms with Crippen LogP contribution in [0.3, 0.4) is 0 Å². The summed E-state index contributed by atoms with van der Waals surface area (Å²) >= 11 is 0. The van der Waals surface area contributed by atoms with Crippen molar-refractivity contribution in [2.75, 3.05) is 39.8 Å². The van der Waals surface area contributed by atoms with Crippen LogP contribution in [-0.4, -0.2) is 84.9 Å². The molecule has 3 aromatic rings. The molecule has 13 heteroatoms. The fourth-order valence-electron chi connectivity index (χ4n) is 11.9. The Hall–Kier alpha value is -5.08. The monoisotopic (exact) mass is 1020 g/mol. The van der Waals surface area contributed by atoms with Crippen molar-refractivity contribution < 1.29 is 53.0 Å². The minimum Gasteiger partial charge on any atom is -0.459 e. The second-order valence-corrected chi connectivity index (χ2v) is 21.1. The summed E-state index contributed by atoms with van der Waals surface area (Å²) in [5.41, 5.74) is 5.77. The molecule has 0 spiro atoms. The number of allylic oxidation sites excluding steroid dienone is 1. The number of unbranched alkanes of at least 4 members (excludes halogenated alkanes) is 11. The number of oxime groups is 1. The van der Waals surface area contributed by atoms with Gasteiger partial charge in [-0.1, -0.05) is 107 Å². The number of hydrogen-bond donors (Lipinski definition) is 2. The van der Waals surface area contributed by atoms with Gasteiger partial charge < -0.3 is 48.2 Å². The second kappa shape index (κ2) is 27.6. The van der Waals surface area contributed by atoms with Crippen LogP contribution in [0.15, 0.2) is 84.1 Å². The molecule has 2 aliphatic carbocycles. The van der Waals surface area contributed by atoms with Crippen molar-refractivity contribution >= 4 is 11.8 Å². The van der Waals surface area contributed by atoms with Crippen LogP contribution in [0.5, 0.6) is 28.7 Å². The van der Waals surface area contributed by atoms with Crippen LogP contribution in [0.25, 0.3) is 0 Å². The van der Waals surface area contributed by atoms with Crippen molar-refractivity contribution in [2.45, 2.75) is 180 Å². The summed E-state index contributed by atoms with van der Waals surface area (Å²) in [5, 5.41) is 25.3. The maximum atomic E-state index is 15.3. The van der Waals surface area contributed by atoms with Gasteiger partial charge in [-0.2, -0.15) is 0 Å². The molecular weight excluding hydrogens is 937 g/mol. The summed E-state index contributed by atoms with van der Waals surface area (Å²) in [7, 11) is 0. The average Bonchev–Trinajstić information content (AvgIpc) is 3.92. The Morgan fingerprint density at radius 2 is 1.55 bits per heavy atom. The zero-order valence-corrected chi connectivity index (χ0v) is 44.6. The smallest absolute Gasteiger partial charge is 0.410 e. The molecule has 0 bridgehead atoms. The van der Waals surface area contributed by atoms with Crippen LogP contribution in [0.4, 0.5) is 4.79 Å². The van der Waals surface area contributed by atoms with E-state index in [4.69, 9.17) is 43.2 Å². The Morgan fingerprint density at radius 3 is 2.30 bits per heavy atom. The van der Waals surface area contributed by atoms with Gasteiger partial charge in [-0.05, 0) is 135 Å². The van der Waals surface area contributed by atoms with Crippen molar-refractivity contribution in [3.8, 4) is 28.7 Å². The first-order valence-electron chi connectivity index (χ1n) is 28.2. The second-order valence-electron chi connectivity index (χ2n) is 21.1. The number of fused-ring (bicyclic) bond motifs is 3. The van der Waals surface area contributed by atoms with Gasteiger partial charge in [-0.3, -0.25) is 4.90 Å². The Balaban J connectivity index is 1.23. The van der Waals surface area contributed by atoms with Crippen molar-refractivity contribution in [1.29, 1.82) is 0 Å². The fourth-order valence-corrected chi connectivity index (χ4v) is 11.9. The minimum absolute atomic E-state index is 0.0356. The van der Waals surface area contributed by atoms with Crippen LogP contribution in [0, 0.1) is 31.6 Å². The van der Waals surface area contributed by atoms with Gasteiger partial charge in [0.2, 0.25) is 18.9 Å². The number of amides is 1. The van der Waals surface area contributed by atoms with Crippen LogP contribution >= 0.6 is 0 Å². The SMILES string of the molecule is C=CCOC12Oc3ccc(Oc4ccc(C)c(C)c4)cc3C3C(CCCCO)C(CCCCO)C=C(C(=NOC4CCCCO4)CC1N(Cc1ccc4c(c1)OCO4)C(=O)OCCCCCCCCCCCC)C32. The topological polar surface area (TPSA) is 147 Å². The predicted molar refractivity (Wildman–Crippen MR) is 287 cm³/mol. The van der Waals surface area contributed by atoms with Crippen molar-refractivity contribution in [3.63, 3.8) is 0 Å². The number of carbonyl (C=O) groups excluding carboxylic acids is 1. The van der Waals surface area contributed by atoms with E-state index in [1.807, 2.05) is 36.4 Å². The zero-order chi connectivity index (χ0) is 51.7. The van der Waals surface area contributed by atoms with Gasteiger partial charge in [0, 0.05) is 44.1 Å². The lowest BCUT2D eigenvalue weighted by Gasteiger charge is -2.60. The van der Waals surface area contributed by atoms with Crippen molar-refractivity contribution in [3.05, 3.63) is 101 Å². The highest BCUT2D eigenvalue weighted by atomic mass is 16.8. The number of benzene rings is 3. The number of hydrogen-bond acceptors (Lipinski definition) is 12. The third-order valence-electron chi connectivity index (χ3n) is 15.9. The lowest BCUT2D eigenvalue weighted by molar-refractivity contribution is -0.256. The highest BCUT2D eigenvalue weighted by molar-refractivity contribution is 6.03. The molecule has 0 radical (unpaired) electrons. The molecule has 0 aromatic heterocycles. The number of nitrogens with zero attached hydrogens (tertiary/aromatic N) is 2. The third-order valence-corrected chi connectivity index (χ3v) is 15.9. The minimum atomic E-state index is -1.48. The molecule has 3 heterocycles. The molecule has 7 unspecified atom stereocenters. The van der Waals surface area contributed by atoms with Gasteiger partial charge >= 0.3 is 6.09 Å². The molecule has 2 N–H and O–H groups in total. The molecule has 1 amide bonds. The maximum Gasteiger partial charge on any atom is 0.410 e. The molecule has 2 fully saturated rings. The van der Waals surface area contributed by atoms with E-state index < -0.39 is 30.1 Å². The summed E-state index contributed by atoms with van der Waals surface area (Å²) in [6, 6.07) is 17.2. The lowest BCUT2D eigenvalue weighted by atomic mass is 9.55. The highest BCUT2D eigenvalue weighted by Gasteiger charge is 2.66. The first kappa shape index (κ1) is 55.2. The molecular formula is C61H84N2O11. The first-order chi connectivity index (χ1) is 36.3. The largest absolute Gasteiger partial charge is 0.459 e. The average molecular weight is 1020 g/mol. The van der Waals surface area contributed by atoms with Gasteiger partial charge in [-0.15, -0.1) is 6.58 Å². The summed E-state index contributed by atoms with van der Waals surface area (Å²) in [4.78, 5) is 23.5. The fraction of sp³-hybridized carbons (Fsp3) is 0.607. The van der Waals surface area contributed by atoms with Crippen LogP contribution in [0.1, 0.15) is 164 Å². The number of carbonyl (C=O) groups is 1. The zero-order valence-electron chi connectivity index (χ0n) is 44.6. The Labute approximate surface area is 440 Å². The third kappa shape index (κ3) is 13.7. The molecule has 3 aromatic carbocycles. The van der Waals surface area contributed by atoms with E-state index in [1.165, 1.54) is 50.5 Å². The van der Waals surface area contributed by atoms with Gasteiger partial charge in [0.1, 0.15) is 23.3 Å². The molecule has 74 heavy (non-hydrogen) atoms. The van der Waals surface area contributed by atoms with Crippen molar-refractivity contribution in [1.82, 2.24) is 4.90 Å². The molecule has 404 valence electrons. The number of rotatable bonds is 29. The van der Waals surface area contributed by atoms with Gasteiger partial charge in [-0.25, -0.2) is 4.79 Å². The van der Waals surface area contributed by atoms with E-state index in [0.29, 0.717) is 48.2 Å². The van der Waals surface area contributed by atoms with Crippen molar-refractivity contribution in [2.24, 2.45) is 22.9 Å². The quantitative estimate of drug-likeness (QED) is 0.0389. The summed E-state index contributed by atoms with van der Waals surface area (Å²) < 4.78 is 45.6. The summed E-state index contributed by atoms with van der Waals surface area (Å²) in [6.07, 6.45) is 22.3. The molecule has 3 aliphatic heterocycles. The van der Waals surface area contributed by atoms with E-state index in [2.05, 4.69) is 51.6 Å². The van der Waals surface area contributed by atoms with Crippen LogP contribution in [0.2, 0.25) is 0 Å². The predicted octanol–water partition coefficient (Wildman–Crippen LogP) is 13.5. The Kier molecular flexibility index (Phi) is 20.6. The van der Waals surface area contributed by atoms with Crippen LogP contribution < -0.4 is 18.9 Å². The van der Waals surface area contributed by atoms with E-state index in [1.54, 1.807) is 11.0 Å². The van der Waals surface area contributed by atoms with E-state index >= 15 is 4.79 Å². The van der Waals surface area contributed by atoms with Crippen LogP contribution in [-0.2, 0) is 25.6 Å². The summed E-state index contributed by atoms with van der Waals surface area (Å²) in [6.45, 7) is 12.0. The maximum absolute atomic E-state index is 15.3. The molecule has 7 atom stereocenters. The molecule has 1 saturated carbocycles. The van der Waals surface area contributed by atoms with E-state index in [-0.39, 0.29) is 63.9 Å². The number of ether oxygens (including phenoxy) is 7. The standard InChI is InChI=1S/C61H84N2O11/c1-5-7-8-9-10-11-12-13-14-20-35-68-60(66)63(41-45-26-29-54-55(37-45)70-42-69-54)56-40-52(62-74-57-24-17-21-34-67-57)50-38-46(22-15-18-31-64)49(23-16-19-32-65)58-51-39-48(72-47-27-25-43(3)44(4)36-47)28-30-53(51)73-61(56,59(50)58)71-33-6-2/h6,25-30,36-39,46,49,56-59,64-65H,2,5,7-24,31-35,40-42H2,1,3-4H3. The highest BCUT2D eigenvalue weighted by Crippen LogP contribution is 2.62. The van der Waals surface area contributed by atoms with E-state index in [0.717, 1.165) is 92.2 Å². The van der Waals surface area contributed by atoms with Gasteiger partial charge in [0.25, 0.3) is 0 Å². The molecule has 13 nitrogen and oxygen atoms in total. The number of aliphatic hydroxyl groups excluding tert-OH is 2. The number of aryl methyl sites for hydroxylation is 2. The Bertz CT molecular complexity index is 2340. The first-order valence-corrected chi connectivity index (χ1v) is 28.2. The molecule has 1 saturated heterocycles. The van der Waals surface area contributed by atoms with E-state index in [9.17, 15) is 10.2 Å². The molecule has 8 rings (SSSR count). The number of aliphatic hydroxyl groups is 2. The summed E-state index contributed by atoms with van der Waals surface area (Å²) in [5.74, 6) is 1.19. The Morgan fingerprint density at radius 1 is 0.824 bits per heavy atom. The van der Waals surface area contributed by atoms with Gasteiger partial charge in [0.05, 0.1) is 31.5 Å².